The van der Waals surface area contributed by atoms with Gasteiger partial charge in [-0.1, -0.05) is 37.3 Å². The van der Waals surface area contributed by atoms with Crippen LogP contribution in [0.2, 0.25) is 0 Å². The molecular formula is C13H16O. The van der Waals surface area contributed by atoms with Crippen molar-refractivity contribution in [3.05, 3.63) is 47.7 Å². The molecule has 1 rings (SSSR count). The van der Waals surface area contributed by atoms with Crippen LogP contribution in [0.5, 0.6) is 0 Å². The molecule has 74 valence electrons. The quantitative estimate of drug-likeness (QED) is 0.723. The summed E-state index contributed by atoms with van der Waals surface area (Å²) in [5.41, 5.74) is 5.00. The van der Waals surface area contributed by atoms with Crippen molar-refractivity contribution in [2.75, 3.05) is 0 Å². The molecule has 0 aromatic heterocycles. The number of hydrogen-bond donors (Lipinski definition) is 1. The lowest BCUT2D eigenvalue weighted by Gasteiger charge is -2.10. The van der Waals surface area contributed by atoms with E-state index in [4.69, 9.17) is 0 Å². The first kappa shape index (κ1) is 10.8. The molecule has 0 aliphatic rings. The van der Waals surface area contributed by atoms with Gasteiger partial charge in [-0.15, -0.1) is 5.73 Å². The molecule has 14 heavy (non-hydrogen) atoms. The maximum atomic E-state index is 9.78. The minimum atomic E-state index is -0.423. The highest BCUT2D eigenvalue weighted by Crippen LogP contribution is 2.18. The molecule has 0 saturated carbocycles. The maximum Gasteiger partial charge on any atom is 0.0864 e. The van der Waals surface area contributed by atoms with Crippen LogP contribution in [0, 0.1) is 0 Å². The fourth-order valence-corrected chi connectivity index (χ4v) is 1.35. The normalized spacial score (nSPS) is 11.6. The molecule has 1 heteroatoms. The Bertz CT molecular complexity index is 332. The molecule has 0 heterocycles. The summed E-state index contributed by atoms with van der Waals surface area (Å²) in [6.45, 7) is 3.87. The van der Waals surface area contributed by atoms with E-state index in [1.165, 1.54) is 0 Å². The number of hydrogen-bond acceptors (Lipinski definition) is 1. The topological polar surface area (TPSA) is 20.2 Å². The summed E-state index contributed by atoms with van der Waals surface area (Å²) in [7, 11) is 0. The SMILES string of the molecule is CC=C=C(c1ccccc1)C(O)CC. The zero-order valence-corrected chi connectivity index (χ0v) is 8.70. The molecule has 0 spiro atoms. The predicted octanol–water partition coefficient (Wildman–Crippen LogP) is 3.02. The lowest BCUT2D eigenvalue weighted by molar-refractivity contribution is 0.228. The monoisotopic (exact) mass is 188 g/mol. The summed E-state index contributed by atoms with van der Waals surface area (Å²) in [6.07, 6.45) is 2.13. The van der Waals surface area contributed by atoms with Gasteiger partial charge < -0.3 is 5.11 Å². The Hall–Kier alpha value is -1.30. The Morgan fingerprint density at radius 2 is 2.07 bits per heavy atom. The smallest absolute Gasteiger partial charge is 0.0864 e. The molecule has 1 aromatic rings. The van der Waals surface area contributed by atoms with Gasteiger partial charge in [-0.05, 0) is 25.0 Å². The third-order valence-corrected chi connectivity index (χ3v) is 2.10. The van der Waals surface area contributed by atoms with Crippen LogP contribution in [0.1, 0.15) is 25.8 Å². The second kappa shape index (κ2) is 5.43. The van der Waals surface area contributed by atoms with Crippen LogP contribution >= 0.6 is 0 Å². The van der Waals surface area contributed by atoms with Gasteiger partial charge in [-0.2, -0.15) is 0 Å². The van der Waals surface area contributed by atoms with E-state index in [0.717, 1.165) is 11.1 Å². The van der Waals surface area contributed by atoms with E-state index in [1.54, 1.807) is 0 Å². The number of rotatable bonds is 3. The molecule has 0 radical (unpaired) electrons. The van der Waals surface area contributed by atoms with Gasteiger partial charge in [-0.3, -0.25) is 0 Å². The molecule has 0 fully saturated rings. The van der Waals surface area contributed by atoms with Crippen LogP contribution < -0.4 is 0 Å². The molecule has 0 saturated heterocycles. The van der Waals surface area contributed by atoms with Gasteiger partial charge in [0.25, 0.3) is 0 Å². The van der Waals surface area contributed by atoms with Crippen molar-refractivity contribution >= 4 is 5.57 Å². The summed E-state index contributed by atoms with van der Waals surface area (Å²) in [5.74, 6) is 0. The first-order valence-corrected chi connectivity index (χ1v) is 4.94. The molecule has 0 aliphatic carbocycles. The number of benzene rings is 1. The fraction of sp³-hybridized carbons (Fsp3) is 0.308. The molecule has 1 aromatic carbocycles. The van der Waals surface area contributed by atoms with Crippen molar-refractivity contribution < 1.29 is 5.11 Å². The maximum absolute atomic E-state index is 9.78. The van der Waals surface area contributed by atoms with Crippen molar-refractivity contribution in [1.82, 2.24) is 0 Å². The number of aliphatic hydroxyl groups excluding tert-OH is 1. The lowest BCUT2D eigenvalue weighted by Crippen LogP contribution is -2.06. The van der Waals surface area contributed by atoms with E-state index in [-0.39, 0.29) is 0 Å². The minimum Gasteiger partial charge on any atom is -0.388 e. The Labute approximate surface area is 85.4 Å². The molecule has 1 atom stereocenters. The molecule has 0 bridgehead atoms. The van der Waals surface area contributed by atoms with E-state index in [1.807, 2.05) is 50.3 Å². The van der Waals surface area contributed by atoms with Crippen molar-refractivity contribution in [1.29, 1.82) is 0 Å². The van der Waals surface area contributed by atoms with Gasteiger partial charge in [0.1, 0.15) is 0 Å². The largest absolute Gasteiger partial charge is 0.388 e. The lowest BCUT2D eigenvalue weighted by atomic mass is 10.00. The second-order valence-electron chi connectivity index (χ2n) is 3.14. The molecule has 1 unspecified atom stereocenters. The predicted molar refractivity (Wildman–Crippen MR) is 59.9 cm³/mol. The Morgan fingerprint density at radius 3 is 2.57 bits per heavy atom. The van der Waals surface area contributed by atoms with E-state index in [0.29, 0.717) is 6.42 Å². The summed E-state index contributed by atoms with van der Waals surface area (Å²) in [6, 6.07) is 9.88. The molecule has 1 N–H and O–H groups in total. The van der Waals surface area contributed by atoms with Crippen molar-refractivity contribution in [3.8, 4) is 0 Å². The Morgan fingerprint density at radius 1 is 1.43 bits per heavy atom. The number of aliphatic hydroxyl groups is 1. The summed E-state index contributed by atoms with van der Waals surface area (Å²) in [4.78, 5) is 0. The zero-order valence-electron chi connectivity index (χ0n) is 8.70. The van der Waals surface area contributed by atoms with Crippen LogP contribution in [0.3, 0.4) is 0 Å². The van der Waals surface area contributed by atoms with Gasteiger partial charge in [0, 0.05) is 5.57 Å². The van der Waals surface area contributed by atoms with Crippen LogP contribution in [-0.2, 0) is 0 Å². The van der Waals surface area contributed by atoms with Crippen molar-refractivity contribution in [2.24, 2.45) is 0 Å². The highest BCUT2D eigenvalue weighted by Gasteiger charge is 2.09. The zero-order chi connectivity index (χ0) is 10.4. The highest BCUT2D eigenvalue weighted by atomic mass is 16.3. The van der Waals surface area contributed by atoms with E-state index in [2.05, 4.69) is 5.73 Å². The van der Waals surface area contributed by atoms with Crippen LogP contribution in [0.4, 0.5) is 0 Å². The fourth-order valence-electron chi connectivity index (χ4n) is 1.35. The van der Waals surface area contributed by atoms with Crippen molar-refractivity contribution in [3.63, 3.8) is 0 Å². The average molecular weight is 188 g/mol. The van der Waals surface area contributed by atoms with E-state index >= 15 is 0 Å². The second-order valence-corrected chi connectivity index (χ2v) is 3.14. The molecule has 0 amide bonds. The minimum absolute atomic E-state index is 0.423. The van der Waals surface area contributed by atoms with Crippen LogP contribution in [0.25, 0.3) is 5.57 Å². The van der Waals surface area contributed by atoms with Gasteiger partial charge in [0.2, 0.25) is 0 Å². The first-order valence-electron chi connectivity index (χ1n) is 4.94. The van der Waals surface area contributed by atoms with Gasteiger partial charge in [0.05, 0.1) is 6.10 Å². The average Bonchev–Trinajstić information content (AvgIpc) is 2.26. The summed E-state index contributed by atoms with van der Waals surface area (Å²) < 4.78 is 0. The van der Waals surface area contributed by atoms with Crippen LogP contribution in [-0.4, -0.2) is 11.2 Å². The molecule has 0 aliphatic heterocycles. The van der Waals surface area contributed by atoms with Crippen LogP contribution in [0.15, 0.2) is 42.1 Å². The standard InChI is InChI=1S/C13H16O/c1-3-8-12(13(14)4-2)11-9-6-5-7-10-11/h3,5-7,9-10,13-14H,4H2,1-2H3. The Balaban J connectivity index is 3.09. The first-order chi connectivity index (χ1) is 6.79. The molecular weight excluding hydrogens is 172 g/mol. The Kier molecular flexibility index (Phi) is 4.18. The van der Waals surface area contributed by atoms with E-state index < -0.39 is 6.10 Å². The third kappa shape index (κ3) is 2.59. The summed E-state index contributed by atoms with van der Waals surface area (Å²) in [5, 5.41) is 9.78. The van der Waals surface area contributed by atoms with Gasteiger partial charge in [-0.25, -0.2) is 0 Å². The highest BCUT2D eigenvalue weighted by molar-refractivity contribution is 5.67. The molecule has 1 nitrogen and oxygen atoms in total. The summed E-state index contributed by atoms with van der Waals surface area (Å²) >= 11 is 0. The van der Waals surface area contributed by atoms with Gasteiger partial charge >= 0.3 is 0 Å². The van der Waals surface area contributed by atoms with Gasteiger partial charge in [0.15, 0.2) is 0 Å². The van der Waals surface area contributed by atoms with Crippen molar-refractivity contribution in [2.45, 2.75) is 26.4 Å². The van der Waals surface area contributed by atoms with E-state index in [9.17, 15) is 5.11 Å². The third-order valence-electron chi connectivity index (χ3n) is 2.10.